The molecule has 1 atom stereocenters. The molecule has 2 heteroatoms. The lowest BCUT2D eigenvalue weighted by atomic mass is 9.55. The van der Waals surface area contributed by atoms with Gasteiger partial charge in [-0.25, -0.2) is 0 Å². The molecule has 0 aliphatic heterocycles. The van der Waals surface area contributed by atoms with E-state index in [1.165, 1.54) is 28.7 Å². The zero-order valence-corrected chi connectivity index (χ0v) is 22.8. The van der Waals surface area contributed by atoms with E-state index in [2.05, 4.69) is 107 Å². The van der Waals surface area contributed by atoms with Crippen molar-refractivity contribution in [3.05, 3.63) is 119 Å². The van der Waals surface area contributed by atoms with Gasteiger partial charge in [0.1, 0.15) is 23.0 Å². The zero-order valence-electron chi connectivity index (χ0n) is 22.8. The van der Waals surface area contributed by atoms with Crippen LogP contribution in [0.1, 0.15) is 62.3 Å². The second kappa shape index (κ2) is 10.1. The lowest BCUT2D eigenvalue weighted by molar-refractivity contribution is 0.127. The van der Waals surface area contributed by atoms with Crippen molar-refractivity contribution < 1.29 is 9.47 Å². The van der Waals surface area contributed by atoms with Crippen molar-refractivity contribution in [1.82, 2.24) is 0 Å². The normalized spacial score (nSPS) is 18.2. The van der Waals surface area contributed by atoms with Gasteiger partial charge in [0.25, 0.3) is 0 Å². The second-order valence-corrected chi connectivity index (χ2v) is 11.8. The van der Waals surface area contributed by atoms with Gasteiger partial charge < -0.3 is 9.47 Å². The summed E-state index contributed by atoms with van der Waals surface area (Å²) in [5.41, 5.74) is 5.38. The van der Waals surface area contributed by atoms with E-state index in [1.807, 2.05) is 24.3 Å². The largest absolute Gasteiger partial charge is 0.457 e. The standard InChI is InChI=1S/C35H38O2/c1-25-6-14-30(15-7-25)36-32-18-10-28(11-19-32)35(23-27(3)22-34(4,5)24-35)29-12-20-33(21-13-29)37-31-16-8-26(2)9-17-31/h6-21,27H,22-24H2,1-5H3. The highest BCUT2D eigenvalue weighted by Gasteiger charge is 2.45. The van der Waals surface area contributed by atoms with Crippen LogP contribution < -0.4 is 9.47 Å². The molecule has 37 heavy (non-hydrogen) atoms. The van der Waals surface area contributed by atoms with E-state index in [-0.39, 0.29) is 10.8 Å². The average molecular weight is 491 g/mol. The van der Waals surface area contributed by atoms with E-state index < -0.39 is 0 Å². The summed E-state index contributed by atoms with van der Waals surface area (Å²) in [6.07, 6.45) is 3.49. The minimum absolute atomic E-state index is 0.0497. The number of hydrogen-bond donors (Lipinski definition) is 0. The zero-order chi connectivity index (χ0) is 26.0. The van der Waals surface area contributed by atoms with E-state index in [1.54, 1.807) is 0 Å². The van der Waals surface area contributed by atoms with Gasteiger partial charge in [-0.3, -0.25) is 0 Å². The van der Waals surface area contributed by atoms with Crippen molar-refractivity contribution in [2.75, 3.05) is 0 Å². The van der Waals surface area contributed by atoms with Gasteiger partial charge >= 0.3 is 0 Å². The first kappa shape index (κ1) is 25.1. The molecule has 190 valence electrons. The number of benzene rings is 4. The first-order valence-corrected chi connectivity index (χ1v) is 13.4. The third kappa shape index (κ3) is 5.74. The fourth-order valence-corrected chi connectivity index (χ4v) is 6.35. The van der Waals surface area contributed by atoms with Crippen molar-refractivity contribution in [3.63, 3.8) is 0 Å². The fourth-order valence-electron chi connectivity index (χ4n) is 6.35. The van der Waals surface area contributed by atoms with E-state index in [4.69, 9.17) is 9.47 Å². The molecular weight excluding hydrogens is 452 g/mol. The van der Waals surface area contributed by atoms with Crippen molar-refractivity contribution in [2.45, 2.75) is 59.3 Å². The summed E-state index contributed by atoms with van der Waals surface area (Å²) >= 11 is 0. The molecule has 0 saturated heterocycles. The van der Waals surface area contributed by atoms with Crippen LogP contribution in [0.2, 0.25) is 0 Å². The smallest absolute Gasteiger partial charge is 0.127 e. The fraction of sp³-hybridized carbons (Fsp3) is 0.314. The Balaban J connectivity index is 1.45. The monoisotopic (exact) mass is 490 g/mol. The van der Waals surface area contributed by atoms with Crippen molar-refractivity contribution in [3.8, 4) is 23.0 Å². The summed E-state index contributed by atoms with van der Waals surface area (Å²) < 4.78 is 12.3. The molecule has 1 fully saturated rings. The summed E-state index contributed by atoms with van der Waals surface area (Å²) in [6, 6.07) is 34.0. The Labute approximate surface area is 222 Å². The Morgan fingerprint density at radius 1 is 0.541 bits per heavy atom. The second-order valence-electron chi connectivity index (χ2n) is 11.8. The van der Waals surface area contributed by atoms with Gasteiger partial charge in [0.2, 0.25) is 0 Å². The van der Waals surface area contributed by atoms with Gasteiger partial charge in [-0.2, -0.15) is 0 Å². The molecule has 0 heterocycles. The number of hydrogen-bond acceptors (Lipinski definition) is 2. The van der Waals surface area contributed by atoms with E-state index in [0.717, 1.165) is 35.8 Å². The molecule has 0 amide bonds. The van der Waals surface area contributed by atoms with Gasteiger partial charge in [-0.1, -0.05) is 80.4 Å². The average Bonchev–Trinajstić information content (AvgIpc) is 2.86. The van der Waals surface area contributed by atoms with Crippen LogP contribution in [-0.4, -0.2) is 0 Å². The van der Waals surface area contributed by atoms with Crippen LogP contribution in [0.25, 0.3) is 0 Å². The van der Waals surface area contributed by atoms with Gasteiger partial charge in [0.05, 0.1) is 0 Å². The van der Waals surface area contributed by atoms with E-state index >= 15 is 0 Å². The minimum Gasteiger partial charge on any atom is -0.457 e. The number of aryl methyl sites for hydroxylation is 2. The van der Waals surface area contributed by atoms with Gasteiger partial charge in [0, 0.05) is 5.41 Å². The number of rotatable bonds is 6. The molecule has 4 aromatic rings. The van der Waals surface area contributed by atoms with Crippen LogP contribution >= 0.6 is 0 Å². The van der Waals surface area contributed by atoms with E-state index in [0.29, 0.717) is 5.92 Å². The van der Waals surface area contributed by atoms with Gasteiger partial charge in [-0.05, 0) is 104 Å². The third-order valence-electron chi connectivity index (χ3n) is 7.71. The highest BCUT2D eigenvalue weighted by molar-refractivity contribution is 5.46. The number of ether oxygens (including phenoxy) is 2. The highest BCUT2D eigenvalue weighted by Crippen LogP contribution is 2.53. The van der Waals surface area contributed by atoms with Crippen molar-refractivity contribution in [2.24, 2.45) is 11.3 Å². The molecule has 0 bridgehead atoms. The van der Waals surface area contributed by atoms with Crippen LogP contribution in [-0.2, 0) is 5.41 Å². The quantitative estimate of drug-likeness (QED) is 0.268. The predicted molar refractivity (Wildman–Crippen MR) is 153 cm³/mol. The Kier molecular flexibility index (Phi) is 6.86. The van der Waals surface area contributed by atoms with Crippen LogP contribution in [0, 0.1) is 25.2 Å². The first-order chi connectivity index (χ1) is 17.7. The molecule has 5 rings (SSSR count). The summed E-state index contributed by atoms with van der Waals surface area (Å²) in [6.45, 7) is 11.4. The molecule has 0 N–H and O–H groups in total. The molecule has 1 aliphatic rings. The van der Waals surface area contributed by atoms with Gasteiger partial charge in [0.15, 0.2) is 0 Å². The molecular formula is C35H38O2. The topological polar surface area (TPSA) is 18.5 Å². The Hall–Kier alpha value is -3.52. The highest BCUT2D eigenvalue weighted by atomic mass is 16.5. The summed E-state index contributed by atoms with van der Waals surface area (Å²) in [7, 11) is 0. The molecule has 2 nitrogen and oxygen atoms in total. The Morgan fingerprint density at radius 3 is 1.24 bits per heavy atom. The maximum Gasteiger partial charge on any atom is 0.127 e. The molecule has 0 aromatic heterocycles. The van der Waals surface area contributed by atoms with Gasteiger partial charge in [-0.15, -0.1) is 0 Å². The minimum atomic E-state index is -0.0497. The molecule has 1 saturated carbocycles. The SMILES string of the molecule is Cc1ccc(Oc2ccc(C3(c4ccc(Oc5ccc(C)cc5)cc4)CC(C)CC(C)(C)C3)cc2)cc1. The molecule has 0 radical (unpaired) electrons. The summed E-state index contributed by atoms with van der Waals surface area (Å²) in [5, 5.41) is 0. The summed E-state index contributed by atoms with van der Waals surface area (Å²) in [5.74, 6) is 4.10. The Bertz CT molecular complexity index is 1220. The molecule has 0 spiro atoms. The third-order valence-corrected chi connectivity index (χ3v) is 7.71. The Morgan fingerprint density at radius 2 is 0.892 bits per heavy atom. The van der Waals surface area contributed by atoms with Crippen molar-refractivity contribution >= 4 is 0 Å². The lowest BCUT2D eigenvalue weighted by Crippen LogP contribution is -2.41. The van der Waals surface area contributed by atoms with Crippen molar-refractivity contribution in [1.29, 1.82) is 0 Å². The van der Waals surface area contributed by atoms with E-state index in [9.17, 15) is 0 Å². The first-order valence-electron chi connectivity index (χ1n) is 13.4. The van der Waals surface area contributed by atoms with Crippen LogP contribution in [0.4, 0.5) is 0 Å². The molecule has 4 aromatic carbocycles. The van der Waals surface area contributed by atoms with Crippen LogP contribution in [0.5, 0.6) is 23.0 Å². The maximum atomic E-state index is 6.14. The maximum absolute atomic E-state index is 6.14. The molecule has 1 aliphatic carbocycles. The molecule has 1 unspecified atom stereocenters. The lowest BCUT2D eigenvalue weighted by Gasteiger charge is -2.48. The predicted octanol–water partition coefficient (Wildman–Crippen LogP) is 10.0. The van der Waals surface area contributed by atoms with Crippen LogP contribution in [0.3, 0.4) is 0 Å². The summed E-state index contributed by atoms with van der Waals surface area (Å²) in [4.78, 5) is 0. The van der Waals surface area contributed by atoms with Crippen LogP contribution in [0.15, 0.2) is 97.1 Å².